The van der Waals surface area contributed by atoms with Gasteiger partial charge in [0.25, 0.3) is 0 Å². The predicted molar refractivity (Wildman–Crippen MR) is 334 cm³/mol. The molecule has 5 aliphatic heterocycles. The van der Waals surface area contributed by atoms with Crippen LogP contribution >= 0.6 is 23.2 Å². The van der Waals surface area contributed by atoms with Crippen molar-refractivity contribution in [3.05, 3.63) is 153 Å². The van der Waals surface area contributed by atoms with Gasteiger partial charge in [-0.25, -0.2) is 9.59 Å². The van der Waals surface area contributed by atoms with E-state index in [4.69, 9.17) is 47.9 Å². The van der Waals surface area contributed by atoms with E-state index in [0.29, 0.717) is 5.56 Å². The minimum atomic E-state index is -2.21. The molecule has 6 aromatic carbocycles. The third-order valence-corrected chi connectivity index (χ3v) is 15.9. The molecule has 0 aliphatic carbocycles. The average Bonchev–Trinajstić information content (AvgIpc) is 0.775. The lowest BCUT2D eigenvalue weighted by Gasteiger charge is -2.33. The van der Waals surface area contributed by atoms with Gasteiger partial charge in [-0.2, -0.15) is 0 Å². The summed E-state index contributed by atoms with van der Waals surface area (Å²) in [7, 11) is 1.29. The van der Waals surface area contributed by atoms with Crippen LogP contribution in [-0.4, -0.2) is 126 Å². The first kappa shape index (κ1) is 68.0. The van der Waals surface area contributed by atoms with E-state index in [1.807, 2.05) is 0 Å². The van der Waals surface area contributed by atoms with Gasteiger partial charge in [0.15, 0.2) is 17.5 Å². The molecular weight excluding hydrogens is 1270 g/mol. The Bertz CT molecular complexity index is 4020. The smallest absolute Gasteiger partial charge is 0.410 e. The van der Waals surface area contributed by atoms with Gasteiger partial charge in [0.1, 0.15) is 89.4 Å². The van der Waals surface area contributed by atoms with E-state index in [9.17, 15) is 54.6 Å². The van der Waals surface area contributed by atoms with Crippen LogP contribution in [0.1, 0.15) is 111 Å². The molecule has 0 fully saturated rings. The molecule has 94 heavy (non-hydrogen) atoms. The molecular formula is C65H66Cl2N8O19. The van der Waals surface area contributed by atoms with Crippen LogP contribution in [0.3, 0.4) is 0 Å². The highest BCUT2D eigenvalue weighted by Gasteiger charge is 2.43. The molecule has 0 radical (unpaired) electrons. The standard InChI is InChI=1S/C65H66Cl2N8O19/c1-28(2)18-40(75(6)64(90)94-65(3,4)5)58(84)73-52-54(80)31-13-16-43(37(66)20-31)92-45-22-33-23-46(56(45)82)93-44-17-14-32(21-38(44)67)55(81)53-62(88)72-51(63(89)91-27-29-10-8-7-9-11-29)36-24-34(76)25-42(78)48(36)35-19-30(12-15-41(35)77)49(59(85)74-53)71-60(86)50(33)70-57(83)39(26-47(68)79)69-61(52)87/h7-17,19-25,28,39-40,49-55,76-78,80-82H,18,26-27H2,1-6H3,(H2,68,79)(H,69,87)(H,70,83)(H,71,86)(H,72,88)(H,73,84)(H,74,85)/t39-,40+,49+,50+,51-,52+,53-,54+,55+/m0/s1. The number of ether oxygens (including phenoxy) is 4. The molecule has 11 rings (SSSR count). The number of carbonyl (C=O) groups excluding carboxylic acids is 9. The number of benzene rings is 6. The summed E-state index contributed by atoms with van der Waals surface area (Å²) < 4.78 is 23.6. The Balaban J connectivity index is 1.22. The van der Waals surface area contributed by atoms with Crippen molar-refractivity contribution in [3.63, 3.8) is 0 Å². The number of nitrogens with two attached hydrogens (primary N) is 1. The van der Waals surface area contributed by atoms with Gasteiger partial charge >= 0.3 is 12.1 Å². The van der Waals surface area contributed by atoms with Crippen LogP contribution in [0.4, 0.5) is 4.79 Å². The largest absolute Gasteiger partial charge is 0.508 e. The first-order valence-electron chi connectivity index (χ1n) is 29.2. The van der Waals surface area contributed by atoms with E-state index in [1.165, 1.54) is 31.3 Å². The van der Waals surface area contributed by atoms with Gasteiger partial charge in [-0.15, -0.1) is 0 Å². The number of aromatic hydroxyl groups is 4. The van der Waals surface area contributed by atoms with E-state index < -0.39 is 166 Å². The Morgan fingerprint density at radius 1 is 0.660 bits per heavy atom. The fourth-order valence-electron chi connectivity index (χ4n) is 10.7. The number of aliphatic hydroxyl groups is 2. The molecule has 5 heterocycles. The highest BCUT2D eigenvalue weighted by Crippen LogP contribution is 2.48. The molecule has 11 bridgehead atoms. The molecule has 5 aliphatic rings. The molecule has 0 unspecified atom stereocenters. The summed E-state index contributed by atoms with van der Waals surface area (Å²) in [5.41, 5.74) is 3.02. The number of carbonyl (C=O) groups is 9. The van der Waals surface area contributed by atoms with Gasteiger partial charge in [0.05, 0.1) is 16.5 Å². The molecule has 0 saturated carbocycles. The number of nitrogens with zero attached hydrogens (tertiary/aromatic N) is 1. The molecule has 0 saturated heterocycles. The summed E-state index contributed by atoms with van der Waals surface area (Å²) in [6.07, 6.45) is -6.17. The molecule has 0 spiro atoms. The number of esters is 1. The number of aliphatic hydroxyl groups excluding tert-OH is 2. The number of phenolic OH excluding ortho intramolecular Hbond substituents is 4. The number of likely N-dealkylation sites (N-methyl/N-ethyl adjacent to an activating group) is 1. The lowest BCUT2D eigenvalue weighted by Crippen LogP contribution is -2.59. The predicted octanol–water partition coefficient (Wildman–Crippen LogP) is 5.70. The van der Waals surface area contributed by atoms with Crippen molar-refractivity contribution in [1.29, 1.82) is 0 Å². The van der Waals surface area contributed by atoms with Crippen LogP contribution in [-0.2, 0) is 54.4 Å². The van der Waals surface area contributed by atoms with Crippen molar-refractivity contribution < 1.29 is 92.7 Å². The molecule has 0 aromatic heterocycles. The van der Waals surface area contributed by atoms with Crippen molar-refractivity contribution in [2.24, 2.45) is 11.7 Å². The van der Waals surface area contributed by atoms with Crippen LogP contribution in [0.5, 0.6) is 46.0 Å². The van der Waals surface area contributed by atoms with E-state index >= 15 is 19.2 Å². The van der Waals surface area contributed by atoms with Crippen molar-refractivity contribution in [1.82, 2.24) is 36.8 Å². The number of amides is 8. The first-order chi connectivity index (χ1) is 44.3. The molecule has 494 valence electrons. The fraction of sp³-hybridized carbons (Fsp3) is 0.308. The summed E-state index contributed by atoms with van der Waals surface area (Å²) in [4.78, 5) is 132. The molecule has 6 aromatic rings. The average molecular weight is 1330 g/mol. The van der Waals surface area contributed by atoms with Gasteiger partial charge < -0.3 is 87.2 Å². The van der Waals surface area contributed by atoms with Crippen LogP contribution in [0.2, 0.25) is 10.0 Å². The number of primary amides is 1. The molecule has 27 nitrogen and oxygen atoms in total. The monoisotopic (exact) mass is 1330 g/mol. The van der Waals surface area contributed by atoms with E-state index in [0.717, 1.165) is 59.5 Å². The second-order valence-corrected chi connectivity index (χ2v) is 24.7. The van der Waals surface area contributed by atoms with Crippen molar-refractivity contribution in [2.45, 2.75) is 114 Å². The van der Waals surface area contributed by atoms with E-state index in [2.05, 4.69) is 31.9 Å². The van der Waals surface area contributed by atoms with Crippen LogP contribution in [0, 0.1) is 5.92 Å². The van der Waals surface area contributed by atoms with Gasteiger partial charge in [-0.3, -0.25) is 38.5 Å². The number of nitrogens with one attached hydrogen (secondary N) is 6. The summed E-state index contributed by atoms with van der Waals surface area (Å²) in [6, 6.07) is 8.49. The summed E-state index contributed by atoms with van der Waals surface area (Å²) in [6.45, 7) is 7.96. The molecule has 8 amide bonds. The maximum absolute atomic E-state index is 15.7. The highest BCUT2D eigenvalue weighted by atomic mass is 35.5. The van der Waals surface area contributed by atoms with E-state index in [-0.39, 0.29) is 68.3 Å². The SMILES string of the molecule is CC(C)C[C@H](C(=O)N[C@H]1C(=O)N[C@@H](CC(N)=O)C(=O)N[C@H]2C(=O)N[C@H]3C(=O)N[C@H](C(=O)N[C@H](C(=O)OCc4ccccc4)c4cc(O)cc(O)c4-c4cc3ccc4O)[C@H](O)c3ccc(c(Cl)c3)Oc3cc2cc(c3O)Oc2ccc(cc2Cl)[C@H]1O)N(C)C(=O)OC(C)(C)C. The Kier molecular flexibility index (Phi) is 20.2. The van der Waals surface area contributed by atoms with Crippen molar-refractivity contribution >= 4 is 76.6 Å². The molecule has 14 N–H and O–H groups in total. The maximum Gasteiger partial charge on any atom is 0.410 e. The quantitative estimate of drug-likeness (QED) is 0.0731. The van der Waals surface area contributed by atoms with E-state index in [1.54, 1.807) is 65.0 Å². The molecule has 29 heteroatoms. The minimum Gasteiger partial charge on any atom is -0.508 e. The van der Waals surface area contributed by atoms with Crippen LogP contribution in [0.25, 0.3) is 11.1 Å². The van der Waals surface area contributed by atoms with Crippen molar-refractivity contribution in [2.75, 3.05) is 7.05 Å². The summed E-state index contributed by atoms with van der Waals surface area (Å²) in [5, 5.41) is 85.0. The zero-order chi connectivity index (χ0) is 68.4. The number of hydrogen-bond donors (Lipinski definition) is 13. The summed E-state index contributed by atoms with van der Waals surface area (Å²) in [5.74, 6) is -15.0. The third-order valence-electron chi connectivity index (χ3n) is 15.3. The Morgan fingerprint density at radius 2 is 1.24 bits per heavy atom. The van der Waals surface area contributed by atoms with Gasteiger partial charge in [0.2, 0.25) is 47.1 Å². The fourth-order valence-corrected chi connectivity index (χ4v) is 11.1. The number of hydrogen-bond acceptors (Lipinski definition) is 19. The zero-order valence-electron chi connectivity index (χ0n) is 51.1. The lowest BCUT2D eigenvalue weighted by atomic mass is 9.89. The first-order valence-corrected chi connectivity index (χ1v) is 30.0. The maximum atomic E-state index is 15.7. The van der Waals surface area contributed by atoms with Gasteiger partial charge in [-0.1, -0.05) is 85.6 Å². The Hall–Kier alpha value is -10.4. The highest BCUT2D eigenvalue weighted by molar-refractivity contribution is 6.32. The number of halogens is 2. The lowest BCUT2D eigenvalue weighted by molar-refractivity contribution is -0.150. The van der Waals surface area contributed by atoms with Crippen LogP contribution in [0.15, 0.2) is 109 Å². The molecule has 9 atom stereocenters. The zero-order valence-corrected chi connectivity index (χ0v) is 52.6. The second-order valence-electron chi connectivity index (χ2n) is 23.9. The minimum absolute atomic E-state index is 0.00927. The number of rotatable bonds is 10. The number of phenols is 4. The summed E-state index contributed by atoms with van der Waals surface area (Å²) >= 11 is 13.7. The Morgan fingerprint density at radius 3 is 1.84 bits per heavy atom. The topological polar surface area (TPSA) is 413 Å². The third kappa shape index (κ3) is 15.2. The number of fused-ring (bicyclic) bond motifs is 15. The normalized spacial score (nSPS) is 20.9. The van der Waals surface area contributed by atoms with Crippen LogP contribution < -0.4 is 47.1 Å². The van der Waals surface area contributed by atoms with Gasteiger partial charge in [-0.05, 0) is 116 Å². The van der Waals surface area contributed by atoms with Gasteiger partial charge in [0, 0.05) is 29.8 Å². The Labute approximate surface area is 546 Å². The second kappa shape index (κ2) is 27.9. The van der Waals surface area contributed by atoms with Crippen molar-refractivity contribution in [3.8, 4) is 57.1 Å².